The smallest absolute Gasteiger partial charge is 0 e. The molecule has 0 fully saturated rings. The number of rotatable bonds is 7. The van der Waals surface area contributed by atoms with Gasteiger partial charge in [-0.1, -0.05) is 130 Å². The molecule has 190 valence electrons. The molecule has 4 rings (SSSR count). The largest absolute Gasteiger partial charge is 0 e. The summed E-state index contributed by atoms with van der Waals surface area (Å²) in [5.74, 6) is 0. The van der Waals surface area contributed by atoms with Crippen molar-refractivity contribution < 1.29 is 35.7 Å². The molecule has 0 saturated carbocycles. The predicted octanol–water partition coefficient (Wildman–Crippen LogP) is 6.63. The number of hydrogen-bond acceptors (Lipinski definition) is 1. The third-order valence-electron chi connectivity index (χ3n) is 4.51. The Hall–Kier alpha value is -1.70. The number of hydrogen-bond donors (Lipinski definition) is 0. The average Bonchev–Trinajstić information content (AvgIpc) is 3.03. The van der Waals surface area contributed by atoms with Crippen LogP contribution in [0.4, 0.5) is 0 Å². The van der Waals surface area contributed by atoms with E-state index in [-0.39, 0.29) is 17.1 Å². The zero-order chi connectivity index (χ0) is 27.9. The Morgan fingerprint density at radius 3 is 0.789 bits per heavy atom. The van der Waals surface area contributed by atoms with Crippen LogP contribution in [-0.2, 0) is 35.7 Å². The van der Waals surface area contributed by atoms with Crippen LogP contribution < -0.4 is 21.2 Å². The maximum absolute atomic E-state index is 7.50. The van der Waals surface area contributed by atoms with Crippen molar-refractivity contribution in [3.63, 3.8) is 0 Å². The van der Waals surface area contributed by atoms with Crippen LogP contribution in [0.1, 0.15) is 0 Å². The summed E-state index contributed by atoms with van der Waals surface area (Å²) in [7, 11) is 0.710. The Labute approximate surface area is 253 Å². The molecule has 2 radical (unpaired) electrons. The quantitative estimate of drug-likeness (QED) is 0.0699. The van der Waals surface area contributed by atoms with Gasteiger partial charge in [0.1, 0.15) is 4.73 Å². The van der Waals surface area contributed by atoms with Crippen molar-refractivity contribution in [1.29, 1.82) is 0 Å². The van der Waals surface area contributed by atoms with Crippen LogP contribution in [0, 0.1) is 31.3 Å². The van der Waals surface area contributed by atoms with Crippen molar-refractivity contribution in [2.75, 3.05) is 0 Å². The first-order valence-electron chi connectivity index (χ1n) is 10.2. The van der Waals surface area contributed by atoms with Gasteiger partial charge in [0.2, 0.25) is 0 Å². The fourth-order valence-corrected chi connectivity index (χ4v) is 14.1. The van der Waals surface area contributed by atoms with Gasteiger partial charge in [0.05, 0.1) is 0 Å². The molecule has 4 aromatic rings. The van der Waals surface area contributed by atoms with E-state index in [1.807, 2.05) is 8.93 Å². The summed E-state index contributed by atoms with van der Waals surface area (Å²) in [6.45, 7) is 18.0. The average molecular weight is 708 g/mol. The Balaban J connectivity index is 0. The summed E-state index contributed by atoms with van der Waals surface area (Å²) < 4.78 is 31.6. The summed E-state index contributed by atoms with van der Waals surface area (Å²) in [5.41, 5.74) is 0. The second kappa shape index (κ2) is 25.6. The zero-order valence-corrected chi connectivity index (χ0v) is 25.7. The van der Waals surface area contributed by atoms with E-state index in [1.165, 1.54) is 21.2 Å². The summed E-state index contributed by atoms with van der Waals surface area (Å²) in [5, 5.41) is 5.64. The van der Waals surface area contributed by atoms with Gasteiger partial charge in [-0.15, -0.1) is 0 Å². The van der Waals surface area contributed by atoms with Crippen LogP contribution in [0.15, 0.2) is 121 Å². The standard InChI is InChI=1S/C25H20IP2S.4CO.Mn/c26-29-25(27(21-13-5-1-6-14-21)22-15-7-2-8-16-22)28(23-17-9-3-10-18-23)24-19-11-4-12-20-24;4*1-2;/h1-20H;;;;;. The van der Waals surface area contributed by atoms with Crippen LogP contribution in [0.3, 0.4) is 0 Å². The van der Waals surface area contributed by atoms with E-state index in [4.69, 9.17) is 18.6 Å². The molecule has 0 spiro atoms. The van der Waals surface area contributed by atoms with E-state index >= 15 is 0 Å². The van der Waals surface area contributed by atoms with Crippen molar-refractivity contribution >= 4 is 67.2 Å². The molecule has 0 amide bonds. The molecule has 0 aliphatic rings. The molecule has 0 aliphatic heterocycles. The number of benzene rings is 4. The molecule has 0 heterocycles. The SMILES string of the molecule is IS[C](P(c1ccccc1)c1ccccc1)P(c1ccccc1)c1ccccc1.[C-]#[O+].[C-]#[O+].[C-]#[O+].[C-]#[O+].[Mn]. The third-order valence-corrected chi connectivity index (χ3v) is 14.9. The molecule has 0 saturated heterocycles. The molecule has 0 aliphatic carbocycles. The summed E-state index contributed by atoms with van der Waals surface area (Å²) >= 11 is 2.50. The van der Waals surface area contributed by atoms with Crippen molar-refractivity contribution in [2.45, 2.75) is 0 Å². The Morgan fingerprint density at radius 1 is 0.447 bits per heavy atom. The first kappa shape index (κ1) is 38.4. The van der Waals surface area contributed by atoms with E-state index in [0.29, 0.717) is 0 Å². The van der Waals surface area contributed by atoms with Gasteiger partial charge < -0.3 is 0 Å². The fraction of sp³-hybridized carbons (Fsp3) is 0. The van der Waals surface area contributed by atoms with E-state index < -0.39 is 15.8 Å². The summed E-state index contributed by atoms with van der Waals surface area (Å²) in [6, 6.07) is 44.0. The number of halogens is 1. The fourth-order valence-electron chi connectivity index (χ4n) is 3.22. The first-order valence-corrected chi connectivity index (χ1v) is 16.2. The van der Waals surface area contributed by atoms with Crippen LogP contribution in [0.5, 0.6) is 0 Å². The Kier molecular flexibility index (Phi) is 25.9. The molecule has 0 aromatic heterocycles. The normalized spacial score (nSPS) is 8.84. The van der Waals surface area contributed by atoms with Crippen LogP contribution in [0.2, 0.25) is 0 Å². The van der Waals surface area contributed by atoms with Crippen LogP contribution in [-0.4, -0.2) is 0 Å². The second-order valence-corrected chi connectivity index (χ2v) is 13.5. The molecular weight excluding hydrogens is 688 g/mol. The van der Waals surface area contributed by atoms with Crippen LogP contribution in [0.25, 0.3) is 0 Å². The molecule has 38 heavy (non-hydrogen) atoms. The van der Waals surface area contributed by atoms with Gasteiger partial charge >= 0.3 is 45.2 Å². The molecule has 0 unspecified atom stereocenters. The maximum atomic E-state index is 7.50. The van der Waals surface area contributed by atoms with Crippen molar-refractivity contribution in [2.24, 2.45) is 0 Å². The van der Waals surface area contributed by atoms with Gasteiger partial charge in [-0.2, -0.15) is 0 Å². The Morgan fingerprint density at radius 2 is 0.632 bits per heavy atom. The van der Waals surface area contributed by atoms with Gasteiger partial charge in [-0.3, -0.25) is 0 Å². The van der Waals surface area contributed by atoms with Gasteiger partial charge in [0, 0.05) is 17.1 Å². The molecule has 4 aromatic carbocycles. The zero-order valence-electron chi connectivity index (χ0n) is 19.7. The van der Waals surface area contributed by atoms with Gasteiger partial charge in [-0.05, 0) is 58.3 Å². The van der Waals surface area contributed by atoms with E-state index in [0.717, 1.165) is 0 Å². The Bertz CT molecular complexity index is 1010. The van der Waals surface area contributed by atoms with E-state index in [2.05, 4.69) is 169 Å². The molecule has 0 atom stereocenters. The van der Waals surface area contributed by atoms with E-state index in [1.54, 1.807) is 4.73 Å². The minimum absolute atomic E-state index is 0. The molecule has 4 nitrogen and oxygen atoms in total. The molecular formula is C29H20IMnO4P2S. The third kappa shape index (κ3) is 12.0. The van der Waals surface area contributed by atoms with Gasteiger partial charge in [0.25, 0.3) is 0 Å². The van der Waals surface area contributed by atoms with E-state index in [9.17, 15) is 0 Å². The monoisotopic (exact) mass is 708 g/mol. The van der Waals surface area contributed by atoms with Crippen molar-refractivity contribution in [1.82, 2.24) is 0 Å². The van der Waals surface area contributed by atoms with Gasteiger partial charge in [0.15, 0.2) is 0 Å². The molecule has 0 N–H and O–H groups in total. The summed E-state index contributed by atoms with van der Waals surface area (Å²) in [6.07, 6.45) is 0. The minimum Gasteiger partial charge on any atom is 0 e. The molecule has 0 bridgehead atoms. The predicted molar refractivity (Wildman–Crippen MR) is 159 cm³/mol. The second-order valence-electron chi connectivity index (χ2n) is 6.37. The van der Waals surface area contributed by atoms with Gasteiger partial charge in [-0.25, -0.2) is 0 Å². The van der Waals surface area contributed by atoms with Crippen LogP contribution >= 0.6 is 46.0 Å². The minimum atomic E-state index is -0.600. The summed E-state index contributed by atoms with van der Waals surface area (Å²) in [4.78, 5) is 0. The molecule has 9 heteroatoms. The van der Waals surface area contributed by atoms with Crippen molar-refractivity contribution in [3.8, 4) is 0 Å². The topological polar surface area (TPSA) is 79.6 Å². The first-order chi connectivity index (χ1) is 18.4. The maximum Gasteiger partial charge on any atom is 0 e. The van der Waals surface area contributed by atoms with Crippen molar-refractivity contribution in [3.05, 3.63) is 153 Å².